The van der Waals surface area contributed by atoms with Gasteiger partial charge < -0.3 is 19.5 Å². The number of hydrogen-bond acceptors (Lipinski definition) is 5. The van der Waals surface area contributed by atoms with Gasteiger partial charge in [-0.2, -0.15) is 0 Å². The highest BCUT2D eigenvalue weighted by Gasteiger charge is 2.32. The van der Waals surface area contributed by atoms with Gasteiger partial charge in [-0.3, -0.25) is 4.79 Å². The number of halogens is 1. The Bertz CT molecular complexity index is 865. The van der Waals surface area contributed by atoms with E-state index in [0.29, 0.717) is 17.2 Å². The summed E-state index contributed by atoms with van der Waals surface area (Å²) in [4.78, 5) is 23.7. The van der Waals surface area contributed by atoms with Crippen LogP contribution in [0.25, 0.3) is 0 Å². The highest BCUT2D eigenvalue weighted by molar-refractivity contribution is 9.10. The number of esters is 1. The predicted molar refractivity (Wildman–Crippen MR) is 104 cm³/mol. The first-order valence-electron chi connectivity index (χ1n) is 8.47. The molecule has 0 fully saturated rings. The van der Waals surface area contributed by atoms with E-state index in [2.05, 4.69) is 21.2 Å². The molecule has 0 bridgehead atoms. The summed E-state index contributed by atoms with van der Waals surface area (Å²) >= 11 is 3.32. The molecule has 0 aliphatic carbocycles. The minimum absolute atomic E-state index is 0.299. The standard InChI is InChI=1S/C20H20BrNO5/c1-20(2)10-13-5-3-8-16(19(13)27-20)25-12-18(24)26-11-17(23)22-15-7-4-6-14(21)9-15/h3-9H,10-12H2,1-2H3,(H,22,23). The second-order valence-corrected chi connectivity index (χ2v) is 7.71. The number of para-hydroxylation sites is 1. The van der Waals surface area contributed by atoms with E-state index >= 15 is 0 Å². The first-order valence-corrected chi connectivity index (χ1v) is 9.26. The number of hydrogen-bond donors (Lipinski definition) is 1. The molecule has 2 aromatic carbocycles. The average Bonchev–Trinajstić information content (AvgIpc) is 2.92. The van der Waals surface area contributed by atoms with E-state index in [0.717, 1.165) is 16.5 Å². The van der Waals surface area contributed by atoms with Crippen molar-refractivity contribution in [2.24, 2.45) is 0 Å². The molecule has 2 aromatic rings. The van der Waals surface area contributed by atoms with Gasteiger partial charge >= 0.3 is 5.97 Å². The lowest BCUT2D eigenvalue weighted by atomic mass is 10.0. The van der Waals surface area contributed by atoms with Gasteiger partial charge in [0, 0.05) is 22.1 Å². The van der Waals surface area contributed by atoms with Crippen molar-refractivity contribution < 1.29 is 23.8 Å². The third-order valence-corrected chi connectivity index (χ3v) is 4.37. The zero-order valence-corrected chi connectivity index (χ0v) is 16.7. The molecule has 0 radical (unpaired) electrons. The zero-order chi connectivity index (χ0) is 19.4. The van der Waals surface area contributed by atoms with Gasteiger partial charge in [0.1, 0.15) is 5.60 Å². The van der Waals surface area contributed by atoms with Crippen LogP contribution in [0.15, 0.2) is 46.9 Å². The predicted octanol–water partition coefficient (Wildman–Crippen LogP) is 3.72. The van der Waals surface area contributed by atoms with E-state index < -0.39 is 11.9 Å². The van der Waals surface area contributed by atoms with Gasteiger partial charge in [0.2, 0.25) is 0 Å². The maximum absolute atomic E-state index is 11.9. The van der Waals surface area contributed by atoms with Crippen LogP contribution in [0.5, 0.6) is 11.5 Å². The molecule has 0 spiro atoms. The number of carbonyl (C=O) groups excluding carboxylic acids is 2. The van der Waals surface area contributed by atoms with Gasteiger partial charge in [0.25, 0.3) is 5.91 Å². The van der Waals surface area contributed by atoms with Gasteiger partial charge in [-0.05, 0) is 38.1 Å². The molecule has 1 amide bonds. The third-order valence-electron chi connectivity index (χ3n) is 3.87. The normalized spacial score (nSPS) is 14.0. The van der Waals surface area contributed by atoms with Crippen LogP contribution in [0.1, 0.15) is 19.4 Å². The number of nitrogens with one attached hydrogen (secondary N) is 1. The van der Waals surface area contributed by atoms with E-state index in [1.165, 1.54) is 0 Å². The lowest BCUT2D eigenvalue weighted by Gasteiger charge is -2.18. The third kappa shape index (κ3) is 5.23. The molecule has 142 valence electrons. The number of anilines is 1. The molecule has 1 heterocycles. The lowest BCUT2D eigenvalue weighted by molar-refractivity contribution is -0.149. The van der Waals surface area contributed by atoms with Crippen molar-refractivity contribution >= 4 is 33.5 Å². The summed E-state index contributed by atoms with van der Waals surface area (Å²) in [5.41, 5.74) is 1.35. The molecular weight excluding hydrogens is 414 g/mol. The van der Waals surface area contributed by atoms with Gasteiger partial charge in [0.15, 0.2) is 24.7 Å². The fourth-order valence-electron chi connectivity index (χ4n) is 2.79. The van der Waals surface area contributed by atoms with Crippen molar-refractivity contribution in [3.8, 4) is 11.5 Å². The number of benzene rings is 2. The number of rotatable bonds is 6. The first kappa shape index (κ1) is 19.2. The van der Waals surface area contributed by atoms with Gasteiger partial charge in [-0.1, -0.05) is 34.1 Å². The molecule has 3 rings (SSSR count). The highest BCUT2D eigenvalue weighted by atomic mass is 79.9. The molecule has 0 saturated heterocycles. The Labute approximate surface area is 165 Å². The quantitative estimate of drug-likeness (QED) is 0.702. The van der Waals surface area contributed by atoms with Crippen molar-refractivity contribution in [2.75, 3.05) is 18.5 Å². The monoisotopic (exact) mass is 433 g/mol. The van der Waals surface area contributed by atoms with Gasteiger partial charge in [0.05, 0.1) is 0 Å². The van der Waals surface area contributed by atoms with Crippen LogP contribution in [0.3, 0.4) is 0 Å². The Hall–Kier alpha value is -2.54. The molecule has 7 heteroatoms. The van der Waals surface area contributed by atoms with Crippen LogP contribution in [-0.2, 0) is 20.7 Å². The zero-order valence-electron chi connectivity index (χ0n) is 15.1. The summed E-state index contributed by atoms with van der Waals surface area (Å²) < 4.78 is 17.2. The SMILES string of the molecule is CC1(C)Cc2cccc(OCC(=O)OCC(=O)Nc3cccc(Br)c3)c2O1. The minimum Gasteiger partial charge on any atom is -0.483 e. The summed E-state index contributed by atoms with van der Waals surface area (Å²) in [5, 5.41) is 2.65. The minimum atomic E-state index is -0.630. The second kappa shape index (κ2) is 8.00. The topological polar surface area (TPSA) is 73.9 Å². The maximum atomic E-state index is 11.9. The molecule has 1 N–H and O–H groups in total. The van der Waals surface area contributed by atoms with E-state index in [9.17, 15) is 9.59 Å². The van der Waals surface area contributed by atoms with Crippen molar-refractivity contribution in [1.29, 1.82) is 0 Å². The van der Waals surface area contributed by atoms with Crippen LogP contribution in [0.4, 0.5) is 5.69 Å². The molecule has 0 unspecified atom stereocenters. The van der Waals surface area contributed by atoms with Crippen LogP contribution in [0.2, 0.25) is 0 Å². The van der Waals surface area contributed by atoms with Gasteiger partial charge in [-0.25, -0.2) is 4.79 Å². The Morgan fingerprint density at radius 2 is 1.96 bits per heavy atom. The summed E-state index contributed by atoms with van der Waals surface area (Å²) in [6.45, 7) is 3.30. The highest BCUT2D eigenvalue weighted by Crippen LogP contribution is 2.41. The summed E-state index contributed by atoms with van der Waals surface area (Å²) in [6, 6.07) is 12.7. The van der Waals surface area contributed by atoms with Crippen LogP contribution < -0.4 is 14.8 Å². The largest absolute Gasteiger partial charge is 0.483 e. The van der Waals surface area contributed by atoms with Gasteiger partial charge in [-0.15, -0.1) is 0 Å². The van der Waals surface area contributed by atoms with Crippen molar-refractivity contribution in [2.45, 2.75) is 25.9 Å². The van der Waals surface area contributed by atoms with E-state index in [1.807, 2.05) is 32.0 Å². The fraction of sp³-hybridized carbons (Fsp3) is 0.300. The summed E-state index contributed by atoms with van der Waals surface area (Å²) in [7, 11) is 0. The van der Waals surface area contributed by atoms with Crippen LogP contribution in [-0.4, -0.2) is 30.7 Å². The molecule has 1 aliphatic heterocycles. The molecule has 1 aliphatic rings. The fourth-order valence-corrected chi connectivity index (χ4v) is 3.19. The molecule has 0 aromatic heterocycles. The molecular formula is C20H20BrNO5. The molecule has 27 heavy (non-hydrogen) atoms. The second-order valence-electron chi connectivity index (χ2n) is 6.79. The number of amides is 1. The lowest BCUT2D eigenvalue weighted by Crippen LogP contribution is -2.25. The number of ether oxygens (including phenoxy) is 3. The van der Waals surface area contributed by atoms with Crippen LogP contribution >= 0.6 is 15.9 Å². The molecule has 6 nitrogen and oxygen atoms in total. The number of carbonyl (C=O) groups is 2. The Morgan fingerprint density at radius 1 is 1.19 bits per heavy atom. The Balaban J connectivity index is 1.47. The molecule has 0 saturated carbocycles. The van der Waals surface area contributed by atoms with E-state index in [1.54, 1.807) is 24.3 Å². The molecule has 0 atom stereocenters. The van der Waals surface area contributed by atoms with Crippen molar-refractivity contribution in [3.63, 3.8) is 0 Å². The van der Waals surface area contributed by atoms with E-state index in [4.69, 9.17) is 14.2 Å². The Kier molecular flexibility index (Phi) is 5.70. The van der Waals surface area contributed by atoms with Crippen molar-refractivity contribution in [1.82, 2.24) is 0 Å². The van der Waals surface area contributed by atoms with Crippen LogP contribution in [0, 0.1) is 0 Å². The summed E-state index contributed by atoms with van der Waals surface area (Å²) in [5.74, 6) is 0.0951. The smallest absolute Gasteiger partial charge is 0.344 e. The first-order chi connectivity index (χ1) is 12.8. The summed E-state index contributed by atoms with van der Waals surface area (Å²) in [6.07, 6.45) is 0.778. The Morgan fingerprint density at radius 3 is 2.74 bits per heavy atom. The number of fused-ring (bicyclic) bond motifs is 1. The average molecular weight is 434 g/mol. The van der Waals surface area contributed by atoms with Crippen molar-refractivity contribution in [3.05, 3.63) is 52.5 Å². The van der Waals surface area contributed by atoms with E-state index in [-0.39, 0.29) is 18.8 Å². The maximum Gasteiger partial charge on any atom is 0.344 e.